The van der Waals surface area contributed by atoms with Gasteiger partial charge in [-0.2, -0.15) is 0 Å². The van der Waals surface area contributed by atoms with Gasteiger partial charge in [-0.1, -0.05) is 30.7 Å². The summed E-state index contributed by atoms with van der Waals surface area (Å²) < 4.78 is 0. The number of para-hydroxylation sites is 2. The first-order chi connectivity index (χ1) is 19.3. The first-order valence-electron chi connectivity index (χ1n) is 13.5. The van der Waals surface area contributed by atoms with Gasteiger partial charge in [-0.15, -0.1) is 0 Å². The molecule has 2 fully saturated rings. The Hall–Kier alpha value is -4.11. The minimum atomic E-state index is -0.414. The monoisotopic (exact) mass is 561 g/mol. The predicted octanol–water partition coefficient (Wildman–Crippen LogP) is 5.70. The van der Waals surface area contributed by atoms with E-state index >= 15 is 0 Å². The molecule has 2 aliphatic heterocycles. The molecule has 0 atom stereocenters. The lowest BCUT2D eigenvalue weighted by Gasteiger charge is -2.37. The third kappa shape index (κ3) is 6.04. The maximum Gasteiger partial charge on any atom is 0.293 e. The number of carbonyl (C=O) groups is 2. The summed E-state index contributed by atoms with van der Waals surface area (Å²) in [5, 5.41) is 15.4. The van der Waals surface area contributed by atoms with Crippen molar-refractivity contribution in [1.82, 2.24) is 4.90 Å². The van der Waals surface area contributed by atoms with Crippen LogP contribution in [-0.2, 0) is 0 Å². The van der Waals surface area contributed by atoms with Gasteiger partial charge in [-0.05, 0) is 67.3 Å². The molecule has 9 nitrogen and oxygen atoms in total. The van der Waals surface area contributed by atoms with Crippen LogP contribution in [0.3, 0.4) is 0 Å². The summed E-state index contributed by atoms with van der Waals surface area (Å²) in [7, 11) is 0. The lowest BCUT2D eigenvalue weighted by atomic mass is 9.98. The van der Waals surface area contributed by atoms with Crippen molar-refractivity contribution in [2.24, 2.45) is 5.92 Å². The highest BCUT2D eigenvalue weighted by Gasteiger charge is 2.26. The van der Waals surface area contributed by atoms with Gasteiger partial charge in [-0.25, -0.2) is 0 Å². The molecule has 1 N–H and O–H groups in total. The molecule has 0 saturated carbocycles. The molecule has 0 radical (unpaired) electrons. The fraction of sp³-hybridized carbons (Fsp3) is 0.333. The molecule has 5 rings (SSSR count). The second-order valence-corrected chi connectivity index (χ2v) is 10.8. The maximum absolute atomic E-state index is 13.2. The van der Waals surface area contributed by atoms with E-state index in [4.69, 9.17) is 11.6 Å². The van der Waals surface area contributed by atoms with E-state index in [1.165, 1.54) is 6.07 Å². The number of amides is 2. The van der Waals surface area contributed by atoms with Crippen molar-refractivity contribution >= 4 is 46.2 Å². The second-order valence-electron chi connectivity index (χ2n) is 10.4. The van der Waals surface area contributed by atoms with E-state index in [0.29, 0.717) is 54.1 Å². The van der Waals surface area contributed by atoms with Gasteiger partial charge < -0.3 is 20.0 Å². The zero-order chi connectivity index (χ0) is 28.2. The topological polar surface area (TPSA) is 99.0 Å². The van der Waals surface area contributed by atoms with E-state index in [1.54, 1.807) is 36.4 Å². The van der Waals surface area contributed by atoms with Gasteiger partial charge in [0.2, 0.25) is 0 Å². The summed E-state index contributed by atoms with van der Waals surface area (Å²) in [4.78, 5) is 43.6. The molecule has 2 heterocycles. The SMILES string of the molecule is CC1CCN(c2ccc(C(=O)Nc3ccccc3N3CCN(C(=O)c4ccc(Cl)cc4)CC3)cc2[N+](=O)[O-])CC1. The van der Waals surface area contributed by atoms with Gasteiger partial charge in [0.1, 0.15) is 5.69 Å². The van der Waals surface area contributed by atoms with Crippen LogP contribution in [0.15, 0.2) is 66.7 Å². The van der Waals surface area contributed by atoms with Crippen molar-refractivity contribution in [2.75, 3.05) is 54.4 Å². The smallest absolute Gasteiger partial charge is 0.293 e. The van der Waals surface area contributed by atoms with Crippen molar-refractivity contribution in [1.29, 1.82) is 0 Å². The third-order valence-corrected chi connectivity index (χ3v) is 7.96. The Balaban J connectivity index is 1.27. The molecule has 10 heteroatoms. The Morgan fingerprint density at radius 2 is 1.48 bits per heavy atom. The first-order valence-corrected chi connectivity index (χ1v) is 13.9. The number of benzene rings is 3. The van der Waals surface area contributed by atoms with Gasteiger partial charge in [0.15, 0.2) is 0 Å². The molecule has 0 aromatic heterocycles. The fourth-order valence-electron chi connectivity index (χ4n) is 5.30. The summed E-state index contributed by atoms with van der Waals surface area (Å²) in [5.74, 6) is 0.153. The average Bonchev–Trinajstić information content (AvgIpc) is 2.97. The van der Waals surface area contributed by atoms with E-state index in [1.807, 2.05) is 34.1 Å². The van der Waals surface area contributed by atoms with Gasteiger partial charge in [0, 0.05) is 61.5 Å². The van der Waals surface area contributed by atoms with Gasteiger partial charge >= 0.3 is 0 Å². The molecule has 2 aliphatic rings. The summed E-state index contributed by atoms with van der Waals surface area (Å²) in [5.41, 5.74) is 2.77. The van der Waals surface area contributed by atoms with Crippen LogP contribution in [0.5, 0.6) is 0 Å². The van der Waals surface area contributed by atoms with Crippen LogP contribution in [0.1, 0.15) is 40.5 Å². The van der Waals surface area contributed by atoms with E-state index in [2.05, 4.69) is 17.1 Å². The van der Waals surface area contributed by atoms with Crippen LogP contribution in [0.4, 0.5) is 22.7 Å². The van der Waals surface area contributed by atoms with Crippen LogP contribution in [0.2, 0.25) is 5.02 Å². The van der Waals surface area contributed by atoms with E-state index in [9.17, 15) is 19.7 Å². The number of nitro benzene ring substituents is 1. The summed E-state index contributed by atoms with van der Waals surface area (Å²) in [6.45, 7) is 5.98. The Kier molecular flexibility index (Phi) is 8.21. The molecule has 3 aromatic rings. The number of piperazine rings is 1. The second kappa shape index (κ2) is 12.0. The zero-order valence-corrected chi connectivity index (χ0v) is 23.1. The molecular weight excluding hydrogens is 530 g/mol. The molecule has 3 aromatic carbocycles. The number of nitro groups is 1. The summed E-state index contributed by atoms with van der Waals surface area (Å²) in [6, 6.07) is 19.1. The quantitative estimate of drug-likeness (QED) is 0.306. The van der Waals surface area contributed by atoms with Crippen LogP contribution in [0.25, 0.3) is 0 Å². The highest BCUT2D eigenvalue weighted by Crippen LogP contribution is 2.33. The Labute approximate surface area is 238 Å². The summed E-state index contributed by atoms with van der Waals surface area (Å²) in [6.07, 6.45) is 1.97. The number of halogens is 1. The number of nitrogens with one attached hydrogen (secondary N) is 1. The van der Waals surface area contributed by atoms with Gasteiger partial charge in [0.05, 0.1) is 16.3 Å². The first kappa shape index (κ1) is 27.5. The standard InChI is InChI=1S/C30H32ClN5O4/c1-21-12-14-33(15-13-21)27-11-8-23(20-28(27)36(39)40)29(37)32-25-4-2-3-5-26(25)34-16-18-35(19-17-34)30(38)22-6-9-24(31)10-7-22/h2-11,20-21H,12-19H2,1H3,(H,32,37). The van der Waals surface area contributed by atoms with Gasteiger partial charge in [-0.3, -0.25) is 19.7 Å². The molecule has 208 valence electrons. The molecule has 2 amide bonds. The Morgan fingerprint density at radius 3 is 2.15 bits per heavy atom. The van der Waals surface area contributed by atoms with Crippen LogP contribution in [0, 0.1) is 16.0 Å². The number of nitrogens with zero attached hydrogens (tertiary/aromatic N) is 4. The number of piperidine rings is 1. The largest absolute Gasteiger partial charge is 0.366 e. The van der Waals surface area contributed by atoms with E-state index in [0.717, 1.165) is 31.6 Å². The lowest BCUT2D eigenvalue weighted by Crippen LogP contribution is -2.49. The maximum atomic E-state index is 13.2. The Bertz CT molecular complexity index is 1400. The van der Waals surface area contributed by atoms with Crippen molar-refractivity contribution in [3.63, 3.8) is 0 Å². The van der Waals surface area contributed by atoms with E-state index in [-0.39, 0.29) is 17.2 Å². The zero-order valence-electron chi connectivity index (χ0n) is 22.4. The minimum absolute atomic E-state index is 0.0398. The fourth-order valence-corrected chi connectivity index (χ4v) is 5.43. The van der Waals surface area contributed by atoms with Crippen molar-refractivity contribution in [3.8, 4) is 0 Å². The van der Waals surface area contributed by atoms with Crippen LogP contribution in [-0.4, -0.2) is 60.9 Å². The van der Waals surface area contributed by atoms with Crippen molar-refractivity contribution < 1.29 is 14.5 Å². The number of hydrogen-bond donors (Lipinski definition) is 1. The summed E-state index contributed by atoms with van der Waals surface area (Å²) >= 11 is 5.95. The number of anilines is 3. The molecular formula is C30H32ClN5O4. The molecule has 2 saturated heterocycles. The van der Waals surface area contributed by atoms with Crippen LogP contribution < -0.4 is 15.1 Å². The molecule has 0 unspecified atom stereocenters. The molecule has 40 heavy (non-hydrogen) atoms. The number of carbonyl (C=O) groups excluding carboxylic acids is 2. The number of hydrogen-bond acceptors (Lipinski definition) is 6. The minimum Gasteiger partial charge on any atom is -0.366 e. The predicted molar refractivity (Wildman–Crippen MR) is 158 cm³/mol. The van der Waals surface area contributed by atoms with Gasteiger partial charge in [0.25, 0.3) is 17.5 Å². The highest BCUT2D eigenvalue weighted by molar-refractivity contribution is 6.30. The third-order valence-electron chi connectivity index (χ3n) is 7.71. The molecule has 0 bridgehead atoms. The lowest BCUT2D eigenvalue weighted by molar-refractivity contribution is -0.384. The normalized spacial score (nSPS) is 16.1. The molecule has 0 spiro atoms. The van der Waals surface area contributed by atoms with Crippen LogP contribution >= 0.6 is 11.6 Å². The number of rotatable bonds is 6. The molecule has 0 aliphatic carbocycles. The average molecular weight is 562 g/mol. The highest BCUT2D eigenvalue weighted by atomic mass is 35.5. The Morgan fingerprint density at radius 1 is 0.850 bits per heavy atom. The van der Waals surface area contributed by atoms with Crippen molar-refractivity contribution in [3.05, 3.63) is 93.0 Å². The van der Waals surface area contributed by atoms with E-state index < -0.39 is 10.8 Å². The van der Waals surface area contributed by atoms with Crippen molar-refractivity contribution in [2.45, 2.75) is 19.8 Å².